The van der Waals surface area contributed by atoms with Crippen LogP contribution in [0.3, 0.4) is 0 Å². The monoisotopic (exact) mass is 223 g/mol. The van der Waals surface area contributed by atoms with Crippen LogP contribution in [0.25, 0.3) is 0 Å². The second-order valence-electron chi connectivity index (χ2n) is 4.10. The number of halogens is 1. The van der Waals surface area contributed by atoms with E-state index in [1.54, 1.807) is 0 Å². The normalized spacial score (nSPS) is 25.6. The van der Waals surface area contributed by atoms with Gasteiger partial charge >= 0.3 is 0 Å². The van der Waals surface area contributed by atoms with Crippen LogP contribution in [0.2, 0.25) is 0 Å². The van der Waals surface area contributed by atoms with Crippen molar-refractivity contribution in [3.63, 3.8) is 0 Å². The molecule has 1 aromatic carbocycles. The zero-order valence-electron chi connectivity index (χ0n) is 8.85. The Kier molecular flexibility index (Phi) is 2.70. The van der Waals surface area contributed by atoms with Crippen molar-refractivity contribution in [2.24, 2.45) is 0 Å². The first-order valence-corrected chi connectivity index (χ1v) is 5.57. The molecule has 0 spiro atoms. The highest BCUT2D eigenvalue weighted by Gasteiger charge is 2.47. The van der Waals surface area contributed by atoms with Crippen LogP contribution in [0.5, 0.6) is 0 Å². The topological polar surface area (TPSA) is 20.3 Å². The van der Waals surface area contributed by atoms with Gasteiger partial charge in [-0.25, -0.2) is 0 Å². The molecular formula is C12H14ClNO. The predicted octanol–water partition coefficient (Wildman–Crippen LogP) is 2.59. The molecule has 80 valence electrons. The Labute approximate surface area is 94.8 Å². The van der Waals surface area contributed by atoms with Crippen molar-refractivity contribution in [2.45, 2.75) is 31.3 Å². The van der Waals surface area contributed by atoms with Crippen molar-refractivity contribution in [3.05, 3.63) is 35.9 Å². The first kappa shape index (κ1) is 10.5. The summed E-state index contributed by atoms with van der Waals surface area (Å²) in [6.45, 7) is 4.02. The largest absolute Gasteiger partial charge is 0.330 e. The van der Waals surface area contributed by atoms with Gasteiger partial charge in [-0.1, -0.05) is 30.3 Å². The summed E-state index contributed by atoms with van der Waals surface area (Å²) < 4.78 is 0. The molecule has 15 heavy (non-hydrogen) atoms. The summed E-state index contributed by atoms with van der Waals surface area (Å²) in [7, 11) is 0. The Hall–Kier alpha value is -1.02. The van der Waals surface area contributed by atoms with Gasteiger partial charge in [-0.05, 0) is 19.4 Å². The number of hydrogen-bond acceptors (Lipinski definition) is 1. The van der Waals surface area contributed by atoms with Crippen LogP contribution in [-0.2, 0) is 4.79 Å². The van der Waals surface area contributed by atoms with Gasteiger partial charge in [0, 0.05) is 6.04 Å². The number of rotatable bonds is 2. The smallest absolute Gasteiger partial charge is 0.243 e. The van der Waals surface area contributed by atoms with Crippen molar-refractivity contribution in [1.82, 2.24) is 4.90 Å². The van der Waals surface area contributed by atoms with Crippen molar-refractivity contribution < 1.29 is 4.79 Å². The molecule has 2 atom stereocenters. The van der Waals surface area contributed by atoms with Crippen LogP contribution in [-0.4, -0.2) is 22.2 Å². The van der Waals surface area contributed by atoms with Crippen molar-refractivity contribution in [2.75, 3.05) is 0 Å². The lowest BCUT2D eigenvalue weighted by molar-refractivity contribution is -0.148. The summed E-state index contributed by atoms with van der Waals surface area (Å²) in [5, 5.41) is -0.394. The molecule has 0 unspecified atom stereocenters. The average Bonchev–Trinajstić information content (AvgIpc) is 2.25. The highest BCUT2D eigenvalue weighted by Crippen LogP contribution is 2.39. The third kappa shape index (κ3) is 1.63. The van der Waals surface area contributed by atoms with Gasteiger partial charge in [-0.2, -0.15) is 0 Å². The Morgan fingerprint density at radius 3 is 2.40 bits per heavy atom. The minimum absolute atomic E-state index is 0.0420. The molecule has 1 aliphatic heterocycles. The molecule has 0 aliphatic carbocycles. The van der Waals surface area contributed by atoms with Gasteiger partial charge in [-0.3, -0.25) is 4.79 Å². The van der Waals surface area contributed by atoms with Crippen LogP contribution in [0.4, 0.5) is 0 Å². The molecule has 0 radical (unpaired) electrons. The van der Waals surface area contributed by atoms with Crippen molar-refractivity contribution in [3.8, 4) is 0 Å². The fourth-order valence-corrected chi connectivity index (χ4v) is 2.41. The van der Waals surface area contributed by atoms with E-state index in [0.717, 1.165) is 5.56 Å². The van der Waals surface area contributed by atoms with E-state index in [4.69, 9.17) is 11.6 Å². The average molecular weight is 224 g/mol. The molecule has 1 aliphatic rings. The number of carbonyl (C=O) groups is 1. The number of benzene rings is 1. The molecule has 0 N–H and O–H groups in total. The second kappa shape index (κ2) is 3.86. The van der Waals surface area contributed by atoms with E-state index in [1.807, 2.05) is 49.1 Å². The van der Waals surface area contributed by atoms with Crippen molar-refractivity contribution in [1.29, 1.82) is 0 Å². The highest BCUT2D eigenvalue weighted by molar-refractivity contribution is 6.33. The van der Waals surface area contributed by atoms with Crippen LogP contribution >= 0.6 is 11.6 Å². The number of β-lactam (4-membered cyclic amide) rings is 1. The quantitative estimate of drug-likeness (QED) is 0.558. The maximum atomic E-state index is 11.6. The number of amides is 1. The van der Waals surface area contributed by atoms with E-state index < -0.39 is 5.38 Å². The Morgan fingerprint density at radius 1 is 1.27 bits per heavy atom. The standard InChI is InChI=1S/C12H14ClNO/c1-8(2)14-11(10(13)12(14)15)9-6-4-3-5-7-9/h3-8,10-11H,1-2H3/t10-,11-/m0/s1. The van der Waals surface area contributed by atoms with Crippen LogP contribution in [0.1, 0.15) is 25.5 Å². The lowest BCUT2D eigenvalue weighted by Crippen LogP contribution is -2.58. The van der Waals surface area contributed by atoms with Gasteiger partial charge in [0.05, 0.1) is 6.04 Å². The van der Waals surface area contributed by atoms with Crippen LogP contribution in [0, 0.1) is 0 Å². The molecule has 0 aromatic heterocycles. The second-order valence-corrected chi connectivity index (χ2v) is 4.57. The first-order valence-electron chi connectivity index (χ1n) is 5.14. The maximum absolute atomic E-state index is 11.6. The third-order valence-electron chi connectivity index (χ3n) is 2.76. The SMILES string of the molecule is CC(C)N1C(=O)[C@@H](Cl)[C@@H]1c1ccccc1. The summed E-state index contributed by atoms with van der Waals surface area (Å²) in [5.41, 5.74) is 1.12. The molecule has 2 nitrogen and oxygen atoms in total. The Morgan fingerprint density at radius 2 is 1.87 bits per heavy atom. The fraction of sp³-hybridized carbons (Fsp3) is 0.417. The molecule has 3 heteroatoms. The minimum Gasteiger partial charge on any atom is -0.330 e. The Bertz CT molecular complexity index is 363. The number of nitrogens with zero attached hydrogens (tertiary/aromatic N) is 1. The van der Waals surface area contributed by atoms with E-state index in [9.17, 15) is 4.79 Å². The molecule has 0 bridgehead atoms. The number of hydrogen-bond donors (Lipinski definition) is 0. The molecular weight excluding hydrogens is 210 g/mol. The van der Waals surface area contributed by atoms with E-state index >= 15 is 0 Å². The van der Waals surface area contributed by atoms with E-state index in [1.165, 1.54) is 0 Å². The molecule has 0 saturated carbocycles. The molecule has 1 aromatic rings. The summed E-state index contributed by atoms with van der Waals surface area (Å²) >= 11 is 6.05. The van der Waals surface area contributed by atoms with Gasteiger partial charge in [0.1, 0.15) is 5.38 Å². The van der Waals surface area contributed by atoms with E-state index in [2.05, 4.69) is 0 Å². The molecule has 1 saturated heterocycles. The third-order valence-corrected chi connectivity index (χ3v) is 3.19. The molecule has 2 rings (SSSR count). The van der Waals surface area contributed by atoms with E-state index in [-0.39, 0.29) is 18.0 Å². The summed E-state index contributed by atoms with van der Waals surface area (Å²) in [6.07, 6.45) is 0. The minimum atomic E-state index is -0.394. The lowest BCUT2D eigenvalue weighted by atomic mass is 9.92. The number of alkyl halides is 1. The van der Waals surface area contributed by atoms with E-state index in [0.29, 0.717) is 0 Å². The molecule has 1 fully saturated rings. The maximum Gasteiger partial charge on any atom is 0.243 e. The zero-order valence-corrected chi connectivity index (χ0v) is 9.61. The zero-order chi connectivity index (χ0) is 11.0. The van der Waals surface area contributed by atoms with Gasteiger partial charge in [0.15, 0.2) is 0 Å². The molecule has 1 heterocycles. The summed E-state index contributed by atoms with van der Waals surface area (Å²) in [5.74, 6) is 0.0421. The van der Waals surface area contributed by atoms with Gasteiger partial charge in [-0.15, -0.1) is 11.6 Å². The number of likely N-dealkylation sites (tertiary alicyclic amines) is 1. The lowest BCUT2D eigenvalue weighted by Gasteiger charge is -2.47. The first-order chi connectivity index (χ1) is 7.13. The summed E-state index contributed by atoms with van der Waals surface area (Å²) in [6, 6.07) is 10.2. The fourth-order valence-electron chi connectivity index (χ4n) is 2.03. The predicted molar refractivity (Wildman–Crippen MR) is 60.8 cm³/mol. The Balaban J connectivity index is 2.26. The van der Waals surface area contributed by atoms with Gasteiger partial charge in [0.25, 0.3) is 0 Å². The van der Waals surface area contributed by atoms with Gasteiger partial charge < -0.3 is 4.90 Å². The van der Waals surface area contributed by atoms with Crippen LogP contribution in [0.15, 0.2) is 30.3 Å². The number of carbonyl (C=O) groups excluding carboxylic acids is 1. The van der Waals surface area contributed by atoms with Gasteiger partial charge in [0.2, 0.25) is 5.91 Å². The summed E-state index contributed by atoms with van der Waals surface area (Å²) in [4.78, 5) is 13.4. The van der Waals surface area contributed by atoms with Crippen molar-refractivity contribution >= 4 is 17.5 Å². The molecule has 1 amide bonds. The van der Waals surface area contributed by atoms with Crippen LogP contribution < -0.4 is 0 Å². The highest BCUT2D eigenvalue weighted by atomic mass is 35.5.